The molecule has 3 N–H and O–H groups in total. The van der Waals surface area contributed by atoms with Gasteiger partial charge in [-0.2, -0.15) is 0 Å². The van der Waals surface area contributed by atoms with Crippen molar-refractivity contribution >= 4 is 15.9 Å². The van der Waals surface area contributed by atoms with E-state index in [0.717, 1.165) is 10.0 Å². The van der Waals surface area contributed by atoms with Gasteiger partial charge < -0.3 is 15.6 Å². The number of hydrogen-bond donors (Lipinski definition) is 2. The highest BCUT2D eigenvalue weighted by atomic mass is 79.9. The molecule has 0 spiro atoms. The van der Waals surface area contributed by atoms with Gasteiger partial charge >= 0.3 is 0 Å². The van der Waals surface area contributed by atoms with Gasteiger partial charge in [-0.15, -0.1) is 0 Å². The van der Waals surface area contributed by atoms with Crippen LogP contribution in [0.5, 0.6) is 0 Å². The highest BCUT2D eigenvalue weighted by Gasteiger charge is 2.27. The third kappa shape index (κ3) is 4.65. The van der Waals surface area contributed by atoms with Crippen LogP contribution in [-0.4, -0.2) is 31.0 Å². The lowest BCUT2D eigenvalue weighted by Gasteiger charge is -2.28. The molecular formula is C13H19BrFNO2. The summed E-state index contributed by atoms with van der Waals surface area (Å²) >= 11 is 3.36. The Morgan fingerprint density at radius 3 is 2.83 bits per heavy atom. The number of methoxy groups -OCH3 is 1. The number of rotatable bonds is 7. The molecule has 0 aliphatic carbocycles. The van der Waals surface area contributed by atoms with Crippen molar-refractivity contribution in [3.8, 4) is 0 Å². The summed E-state index contributed by atoms with van der Waals surface area (Å²) in [5.74, 6) is -0.313. The first-order valence-electron chi connectivity index (χ1n) is 5.86. The number of nitrogens with two attached hydrogens (primary N) is 1. The second-order valence-electron chi connectivity index (χ2n) is 4.46. The Morgan fingerprint density at radius 2 is 2.22 bits per heavy atom. The highest BCUT2D eigenvalue weighted by molar-refractivity contribution is 9.10. The molecule has 0 aliphatic heterocycles. The van der Waals surface area contributed by atoms with Crippen molar-refractivity contribution in [1.29, 1.82) is 0 Å². The first-order chi connectivity index (χ1) is 8.50. The molecule has 0 aliphatic rings. The lowest BCUT2D eigenvalue weighted by atomic mass is 9.90. The highest BCUT2D eigenvalue weighted by Crippen LogP contribution is 2.25. The van der Waals surface area contributed by atoms with Gasteiger partial charge in [0.15, 0.2) is 0 Å². The Hall–Kier alpha value is -0.490. The van der Waals surface area contributed by atoms with Crippen molar-refractivity contribution in [3.05, 3.63) is 34.1 Å². The van der Waals surface area contributed by atoms with Crippen LogP contribution in [0.25, 0.3) is 0 Å². The first kappa shape index (κ1) is 15.6. The van der Waals surface area contributed by atoms with Gasteiger partial charge in [-0.25, -0.2) is 4.39 Å². The zero-order valence-electron chi connectivity index (χ0n) is 10.5. The number of aliphatic hydroxyl groups is 1. The fourth-order valence-corrected chi connectivity index (χ4v) is 2.33. The third-order valence-electron chi connectivity index (χ3n) is 2.79. The van der Waals surface area contributed by atoms with Crippen molar-refractivity contribution in [2.24, 2.45) is 5.73 Å². The molecule has 0 bridgehead atoms. The van der Waals surface area contributed by atoms with Crippen molar-refractivity contribution < 1.29 is 14.2 Å². The minimum atomic E-state index is -1.01. The number of hydrogen-bond acceptors (Lipinski definition) is 3. The normalized spacial score (nSPS) is 14.5. The Balaban J connectivity index is 2.84. The molecule has 0 saturated carbocycles. The summed E-state index contributed by atoms with van der Waals surface area (Å²) in [6, 6.07) is 4.44. The SMILES string of the molecule is COCC(O)(CCCN)Cc1cc(F)ccc1Br. The monoisotopic (exact) mass is 319 g/mol. The molecule has 1 atom stereocenters. The van der Waals surface area contributed by atoms with E-state index in [2.05, 4.69) is 15.9 Å². The van der Waals surface area contributed by atoms with Crippen molar-refractivity contribution in [2.75, 3.05) is 20.3 Å². The molecule has 1 unspecified atom stereocenters. The molecule has 0 saturated heterocycles. The number of halogens is 2. The van der Waals surface area contributed by atoms with Crippen LogP contribution in [0.4, 0.5) is 4.39 Å². The van der Waals surface area contributed by atoms with E-state index in [1.54, 1.807) is 6.07 Å². The first-order valence-corrected chi connectivity index (χ1v) is 6.65. The molecular weight excluding hydrogens is 301 g/mol. The van der Waals surface area contributed by atoms with E-state index < -0.39 is 5.60 Å². The smallest absolute Gasteiger partial charge is 0.123 e. The molecule has 5 heteroatoms. The van der Waals surface area contributed by atoms with Crippen LogP contribution in [0, 0.1) is 5.82 Å². The molecule has 1 aromatic rings. The molecule has 1 rings (SSSR count). The molecule has 0 fully saturated rings. The van der Waals surface area contributed by atoms with Gasteiger partial charge in [-0.1, -0.05) is 15.9 Å². The summed E-state index contributed by atoms with van der Waals surface area (Å²) in [4.78, 5) is 0. The van der Waals surface area contributed by atoms with Gasteiger partial charge in [-0.3, -0.25) is 0 Å². The maximum absolute atomic E-state index is 13.2. The van der Waals surface area contributed by atoms with E-state index in [4.69, 9.17) is 10.5 Å². The van der Waals surface area contributed by atoms with Crippen LogP contribution < -0.4 is 5.73 Å². The topological polar surface area (TPSA) is 55.5 Å². The molecule has 102 valence electrons. The molecule has 3 nitrogen and oxygen atoms in total. The van der Waals surface area contributed by atoms with E-state index in [1.165, 1.54) is 19.2 Å². The summed E-state index contributed by atoms with van der Waals surface area (Å²) in [7, 11) is 1.54. The number of benzene rings is 1. The summed E-state index contributed by atoms with van der Waals surface area (Å²) in [6.45, 7) is 0.715. The van der Waals surface area contributed by atoms with Crippen LogP contribution in [0.2, 0.25) is 0 Å². The molecule has 0 amide bonds. The van der Waals surface area contributed by atoms with Crippen LogP contribution >= 0.6 is 15.9 Å². The summed E-state index contributed by atoms with van der Waals surface area (Å²) < 4.78 is 19.0. The predicted octanol–water partition coefficient (Wildman–Crippen LogP) is 2.25. The molecule has 1 aromatic carbocycles. The van der Waals surface area contributed by atoms with Crippen molar-refractivity contribution in [3.63, 3.8) is 0 Å². The van der Waals surface area contributed by atoms with Gasteiger partial charge in [-0.05, 0) is 43.1 Å². The van der Waals surface area contributed by atoms with E-state index in [0.29, 0.717) is 25.8 Å². The molecule has 0 radical (unpaired) electrons. The number of ether oxygens (including phenoxy) is 1. The zero-order valence-corrected chi connectivity index (χ0v) is 12.0. The minimum Gasteiger partial charge on any atom is -0.387 e. The lowest BCUT2D eigenvalue weighted by Crippen LogP contribution is -2.37. The minimum absolute atomic E-state index is 0.204. The summed E-state index contributed by atoms with van der Waals surface area (Å²) in [5, 5.41) is 10.5. The lowest BCUT2D eigenvalue weighted by molar-refractivity contribution is -0.0376. The zero-order chi connectivity index (χ0) is 13.6. The van der Waals surface area contributed by atoms with E-state index in [9.17, 15) is 9.50 Å². The van der Waals surface area contributed by atoms with E-state index in [-0.39, 0.29) is 12.4 Å². The Labute approximate surface area is 115 Å². The summed E-state index contributed by atoms with van der Waals surface area (Å²) in [6.07, 6.45) is 1.56. The second kappa shape index (κ2) is 7.19. The van der Waals surface area contributed by atoms with Crippen molar-refractivity contribution in [2.45, 2.75) is 24.9 Å². The van der Waals surface area contributed by atoms with Gasteiger partial charge in [0.05, 0.1) is 12.2 Å². The largest absolute Gasteiger partial charge is 0.387 e. The fraction of sp³-hybridized carbons (Fsp3) is 0.538. The van der Waals surface area contributed by atoms with Crippen molar-refractivity contribution in [1.82, 2.24) is 0 Å². The standard InChI is InChI=1S/C13H19BrFNO2/c1-18-9-13(17,5-2-6-16)8-10-7-11(15)3-4-12(10)14/h3-4,7,17H,2,5-6,8-9,16H2,1H3. The maximum atomic E-state index is 13.2. The van der Waals surface area contributed by atoms with Crippen LogP contribution in [0.3, 0.4) is 0 Å². The van der Waals surface area contributed by atoms with Gasteiger partial charge in [0.2, 0.25) is 0 Å². The third-order valence-corrected chi connectivity index (χ3v) is 3.56. The molecule has 0 heterocycles. The fourth-order valence-electron chi connectivity index (χ4n) is 1.94. The van der Waals surface area contributed by atoms with Gasteiger partial charge in [0.1, 0.15) is 5.82 Å². The second-order valence-corrected chi connectivity index (χ2v) is 5.32. The van der Waals surface area contributed by atoms with Gasteiger partial charge in [0, 0.05) is 18.0 Å². The average Bonchev–Trinajstić information content (AvgIpc) is 2.32. The summed E-state index contributed by atoms with van der Waals surface area (Å²) in [5.41, 5.74) is 5.18. The quantitative estimate of drug-likeness (QED) is 0.810. The molecule has 18 heavy (non-hydrogen) atoms. The Morgan fingerprint density at radius 1 is 1.50 bits per heavy atom. The Bertz CT molecular complexity index is 389. The van der Waals surface area contributed by atoms with Crippen LogP contribution in [0.15, 0.2) is 22.7 Å². The Kier molecular flexibility index (Phi) is 6.21. The molecule has 0 aromatic heterocycles. The van der Waals surface area contributed by atoms with E-state index >= 15 is 0 Å². The van der Waals surface area contributed by atoms with Crippen LogP contribution in [-0.2, 0) is 11.2 Å². The van der Waals surface area contributed by atoms with Crippen LogP contribution in [0.1, 0.15) is 18.4 Å². The van der Waals surface area contributed by atoms with Gasteiger partial charge in [0.25, 0.3) is 0 Å². The predicted molar refractivity (Wildman–Crippen MR) is 72.9 cm³/mol. The van der Waals surface area contributed by atoms with E-state index in [1.807, 2.05) is 0 Å². The maximum Gasteiger partial charge on any atom is 0.123 e. The average molecular weight is 320 g/mol.